The SMILES string of the molecule is CCc1nc(OCC(=O)NC2CCCCC2)c2c(-c3ccc(F)cc3)noc2n1. The van der Waals surface area contributed by atoms with Crippen LogP contribution < -0.4 is 10.1 Å². The normalized spacial score (nSPS) is 14.8. The Morgan fingerprint density at radius 2 is 1.97 bits per heavy atom. The number of hydrogen-bond donors (Lipinski definition) is 1. The molecule has 1 aliphatic rings. The number of carbonyl (C=O) groups excluding carboxylic acids is 1. The quantitative estimate of drug-likeness (QED) is 0.679. The van der Waals surface area contributed by atoms with E-state index in [9.17, 15) is 9.18 Å². The van der Waals surface area contributed by atoms with E-state index in [0.717, 1.165) is 25.7 Å². The molecule has 0 radical (unpaired) electrons. The van der Waals surface area contributed by atoms with E-state index >= 15 is 0 Å². The largest absolute Gasteiger partial charge is 0.467 e. The number of carbonyl (C=O) groups is 1. The van der Waals surface area contributed by atoms with Crippen LogP contribution >= 0.6 is 0 Å². The molecule has 4 rings (SSSR count). The highest BCUT2D eigenvalue weighted by molar-refractivity contribution is 5.93. The molecule has 2 aromatic heterocycles. The summed E-state index contributed by atoms with van der Waals surface area (Å²) in [4.78, 5) is 21.1. The van der Waals surface area contributed by atoms with Gasteiger partial charge in [0.15, 0.2) is 6.61 Å². The average molecular weight is 398 g/mol. The summed E-state index contributed by atoms with van der Waals surface area (Å²) in [5, 5.41) is 7.57. The molecule has 1 saturated carbocycles. The summed E-state index contributed by atoms with van der Waals surface area (Å²) in [6.07, 6.45) is 6.09. The maximum atomic E-state index is 13.3. The molecule has 8 heteroatoms. The fourth-order valence-electron chi connectivity index (χ4n) is 3.58. The molecule has 1 aliphatic carbocycles. The molecular formula is C21H23FN4O3. The lowest BCUT2D eigenvalue weighted by Gasteiger charge is -2.22. The molecule has 0 spiro atoms. The number of benzene rings is 1. The smallest absolute Gasteiger partial charge is 0.265 e. The van der Waals surface area contributed by atoms with E-state index in [0.29, 0.717) is 28.9 Å². The second-order valence-corrected chi connectivity index (χ2v) is 7.21. The molecule has 1 fully saturated rings. The molecular weight excluding hydrogens is 375 g/mol. The highest BCUT2D eigenvalue weighted by Gasteiger charge is 2.21. The summed E-state index contributed by atoms with van der Waals surface area (Å²) in [6.45, 7) is 1.76. The van der Waals surface area contributed by atoms with Gasteiger partial charge in [-0.2, -0.15) is 9.97 Å². The van der Waals surface area contributed by atoms with E-state index < -0.39 is 0 Å². The molecule has 0 saturated heterocycles. The molecule has 0 aliphatic heterocycles. The number of ether oxygens (including phenoxy) is 1. The van der Waals surface area contributed by atoms with Crippen molar-refractivity contribution in [3.63, 3.8) is 0 Å². The third kappa shape index (κ3) is 4.36. The fraction of sp³-hybridized carbons (Fsp3) is 0.429. The number of aryl methyl sites for hydroxylation is 1. The Balaban J connectivity index is 1.59. The van der Waals surface area contributed by atoms with Crippen molar-refractivity contribution in [3.05, 3.63) is 35.9 Å². The van der Waals surface area contributed by atoms with E-state index in [4.69, 9.17) is 9.26 Å². The molecule has 0 bridgehead atoms. The van der Waals surface area contributed by atoms with Crippen LogP contribution in [0.15, 0.2) is 28.8 Å². The van der Waals surface area contributed by atoms with Crippen molar-refractivity contribution in [1.82, 2.24) is 20.4 Å². The van der Waals surface area contributed by atoms with Gasteiger partial charge in [0.2, 0.25) is 5.88 Å². The third-order valence-corrected chi connectivity index (χ3v) is 5.09. The molecule has 1 N–H and O–H groups in total. The zero-order valence-corrected chi connectivity index (χ0v) is 16.3. The number of aromatic nitrogens is 3. The predicted octanol–water partition coefficient (Wildman–Crippen LogP) is 3.81. The monoisotopic (exact) mass is 398 g/mol. The predicted molar refractivity (Wildman–Crippen MR) is 105 cm³/mol. The van der Waals surface area contributed by atoms with E-state index in [1.54, 1.807) is 12.1 Å². The molecule has 152 valence electrons. The first-order valence-electron chi connectivity index (χ1n) is 9.98. The van der Waals surface area contributed by atoms with Gasteiger partial charge in [-0.25, -0.2) is 4.39 Å². The molecule has 7 nitrogen and oxygen atoms in total. The maximum Gasteiger partial charge on any atom is 0.265 e. The van der Waals surface area contributed by atoms with Gasteiger partial charge >= 0.3 is 0 Å². The lowest BCUT2D eigenvalue weighted by atomic mass is 9.95. The Hall–Kier alpha value is -3.03. The van der Waals surface area contributed by atoms with Crippen LogP contribution in [0.3, 0.4) is 0 Å². The Morgan fingerprint density at radius 1 is 1.21 bits per heavy atom. The second kappa shape index (κ2) is 8.55. The Kier molecular flexibility index (Phi) is 5.69. The summed E-state index contributed by atoms with van der Waals surface area (Å²) in [5.74, 6) is 0.247. The third-order valence-electron chi connectivity index (χ3n) is 5.09. The second-order valence-electron chi connectivity index (χ2n) is 7.21. The van der Waals surface area contributed by atoms with Gasteiger partial charge in [0.1, 0.15) is 22.7 Å². The molecule has 29 heavy (non-hydrogen) atoms. The van der Waals surface area contributed by atoms with Crippen LogP contribution in [0, 0.1) is 5.82 Å². The number of nitrogens with zero attached hydrogens (tertiary/aromatic N) is 3. The highest BCUT2D eigenvalue weighted by atomic mass is 19.1. The van der Waals surface area contributed by atoms with Crippen molar-refractivity contribution < 1.29 is 18.4 Å². The van der Waals surface area contributed by atoms with Crippen molar-refractivity contribution in [3.8, 4) is 17.1 Å². The summed E-state index contributed by atoms with van der Waals surface area (Å²) in [5.41, 5.74) is 1.37. The zero-order valence-electron chi connectivity index (χ0n) is 16.3. The van der Waals surface area contributed by atoms with E-state index in [-0.39, 0.29) is 36.0 Å². The average Bonchev–Trinajstić information content (AvgIpc) is 3.17. The van der Waals surface area contributed by atoms with Gasteiger partial charge in [-0.1, -0.05) is 31.3 Å². The molecule has 2 heterocycles. The topological polar surface area (TPSA) is 90.1 Å². The summed E-state index contributed by atoms with van der Waals surface area (Å²) < 4.78 is 24.4. The van der Waals surface area contributed by atoms with Crippen LogP contribution in [-0.2, 0) is 11.2 Å². The van der Waals surface area contributed by atoms with Gasteiger partial charge < -0.3 is 14.6 Å². The number of fused-ring (bicyclic) bond motifs is 1. The lowest BCUT2D eigenvalue weighted by molar-refractivity contribution is -0.124. The van der Waals surface area contributed by atoms with Crippen molar-refractivity contribution in [2.75, 3.05) is 6.61 Å². The first-order chi connectivity index (χ1) is 14.1. The van der Waals surface area contributed by atoms with E-state index in [2.05, 4.69) is 20.4 Å². The van der Waals surface area contributed by atoms with Crippen molar-refractivity contribution in [1.29, 1.82) is 0 Å². The van der Waals surface area contributed by atoms with E-state index in [1.807, 2.05) is 6.92 Å². The first kappa shape index (κ1) is 19.3. The van der Waals surface area contributed by atoms with Gasteiger partial charge in [0.25, 0.3) is 11.6 Å². The minimum Gasteiger partial charge on any atom is -0.467 e. The van der Waals surface area contributed by atoms with Gasteiger partial charge in [0.05, 0.1) is 0 Å². The molecule has 0 atom stereocenters. The summed E-state index contributed by atoms with van der Waals surface area (Å²) >= 11 is 0. The van der Waals surface area contributed by atoms with Gasteiger partial charge in [-0.15, -0.1) is 0 Å². The summed E-state index contributed by atoms with van der Waals surface area (Å²) in [6, 6.07) is 6.09. The van der Waals surface area contributed by atoms with Crippen LogP contribution in [0.5, 0.6) is 5.88 Å². The number of rotatable bonds is 6. The van der Waals surface area contributed by atoms with Crippen LogP contribution in [0.4, 0.5) is 4.39 Å². The molecule has 3 aromatic rings. The highest BCUT2D eigenvalue weighted by Crippen LogP contribution is 2.33. The Bertz CT molecular complexity index is 997. The fourth-order valence-corrected chi connectivity index (χ4v) is 3.58. The minimum absolute atomic E-state index is 0.153. The summed E-state index contributed by atoms with van der Waals surface area (Å²) in [7, 11) is 0. The first-order valence-corrected chi connectivity index (χ1v) is 9.98. The maximum absolute atomic E-state index is 13.3. The zero-order chi connectivity index (χ0) is 20.2. The molecule has 1 aromatic carbocycles. The minimum atomic E-state index is -0.345. The number of nitrogens with one attached hydrogen (secondary N) is 1. The lowest BCUT2D eigenvalue weighted by Crippen LogP contribution is -2.39. The van der Waals surface area contributed by atoms with Crippen LogP contribution in [0.1, 0.15) is 44.9 Å². The standard InChI is InChI=1S/C21H23FN4O3/c1-2-16-24-20(28-12-17(27)23-15-6-4-3-5-7-15)18-19(26-29-21(18)25-16)13-8-10-14(22)11-9-13/h8-11,15H,2-7,12H2,1H3,(H,23,27). The van der Waals surface area contributed by atoms with Gasteiger partial charge in [-0.3, -0.25) is 4.79 Å². The number of hydrogen-bond acceptors (Lipinski definition) is 6. The van der Waals surface area contributed by atoms with Gasteiger partial charge in [0, 0.05) is 18.0 Å². The van der Waals surface area contributed by atoms with Crippen molar-refractivity contribution >= 4 is 17.0 Å². The Labute approximate surface area is 167 Å². The molecule has 1 amide bonds. The number of amides is 1. The van der Waals surface area contributed by atoms with Crippen LogP contribution in [-0.4, -0.2) is 33.7 Å². The molecule has 0 unspecified atom stereocenters. The van der Waals surface area contributed by atoms with Crippen molar-refractivity contribution in [2.45, 2.75) is 51.5 Å². The Morgan fingerprint density at radius 3 is 2.69 bits per heavy atom. The van der Waals surface area contributed by atoms with Crippen molar-refractivity contribution in [2.24, 2.45) is 0 Å². The van der Waals surface area contributed by atoms with Gasteiger partial charge in [-0.05, 0) is 37.1 Å². The van der Waals surface area contributed by atoms with Crippen LogP contribution in [0.25, 0.3) is 22.4 Å². The number of halogens is 1. The van der Waals surface area contributed by atoms with E-state index in [1.165, 1.54) is 18.6 Å². The van der Waals surface area contributed by atoms with Crippen LogP contribution in [0.2, 0.25) is 0 Å².